The number of esters is 1. The first-order valence-corrected chi connectivity index (χ1v) is 8.52. The Balaban J connectivity index is 2.08. The van der Waals surface area contributed by atoms with Gasteiger partial charge >= 0.3 is 5.97 Å². The summed E-state index contributed by atoms with van der Waals surface area (Å²) in [6.45, 7) is 2.14. The van der Waals surface area contributed by atoms with E-state index < -0.39 is 6.10 Å². The minimum Gasteiger partial charge on any atom is -0.480 e. The van der Waals surface area contributed by atoms with Crippen molar-refractivity contribution in [3.63, 3.8) is 0 Å². The Morgan fingerprint density at radius 1 is 1.15 bits per heavy atom. The van der Waals surface area contributed by atoms with Gasteiger partial charge < -0.3 is 14.4 Å². The second-order valence-electron chi connectivity index (χ2n) is 5.99. The van der Waals surface area contributed by atoms with Crippen LogP contribution in [0.25, 0.3) is 5.70 Å². The molecule has 0 saturated carbocycles. The fraction of sp³-hybridized carbons (Fsp3) is 0.238. The smallest absolute Gasteiger partial charge is 0.325 e. The van der Waals surface area contributed by atoms with E-state index in [1.807, 2.05) is 54.6 Å². The number of carbonyl (C=O) groups excluding carboxylic acids is 2. The quantitative estimate of drug-likeness (QED) is 0.591. The zero-order valence-corrected chi connectivity index (χ0v) is 14.8. The van der Waals surface area contributed by atoms with Crippen LogP contribution in [0.5, 0.6) is 5.75 Å². The maximum Gasteiger partial charge on any atom is 0.325 e. The number of carbonyl (C=O) groups is 2. The third-order valence-electron chi connectivity index (χ3n) is 4.23. The van der Waals surface area contributed by atoms with Gasteiger partial charge in [-0.1, -0.05) is 42.5 Å². The molecule has 1 unspecified atom stereocenters. The van der Waals surface area contributed by atoms with E-state index in [0.717, 1.165) is 17.4 Å². The summed E-state index contributed by atoms with van der Waals surface area (Å²) in [7, 11) is 1.78. The lowest BCUT2D eigenvalue weighted by Gasteiger charge is -2.33. The van der Waals surface area contributed by atoms with Crippen molar-refractivity contribution < 1.29 is 19.1 Å². The van der Waals surface area contributed by atoms with Crippen LogP contribution in [-0.4, -0.2) is 37.4 Å². The molecular weight excluding hydrogens is 330 g/mol. The van der Waals surface area contributed by atoms with Crippen LogP contribution in [-0.2, 0) is 14.3 Å². The molecule has 26 heavy (non-hydrogen) atoms. The van der Waals surface area contributed by atoms with E-state index >= 15 is 0 Å². The standard InChI is InChI=1S/C21H21NO4/c1-3-25-19(24)13-22(2)20-16-11-7-8-12-18(16)26-21(17(20)14-23)15-9-5-4-6-10-15/h4-12,14,21H,3,13H2,1-2H3. The molecular formula is C21H21NO4. The van der Waals surface area contributed by atoms with E-state index in [0.29, 0.717) is 23.6 Å². The highest BCUT2D eigenvalue weighted by Crippen LogP contribution is 2.42. The summed E-state index contributed by atoms with van der Waals surface area (Å²) in [5.41, 5.74) is 2.84. The van der Waals surface area contributed by atoms with E-state index in [9.17, 15) is 9.59 Å². The number of hydrogen-bond donors (Lipinski definition) is 0. The van der Waals surface area contributed by atoms with Gasteiger partial charge in [0.25, 0.3) is 0 Å². The molecule has 1 atom stereocenters. The molecule has 0 saturated heterocycles. The fourth-order valence-electron chi connectivity index (χ4n) is 3.13. The van der Waals surface area contributed by atoms with Crippen molar-refractivity contribution in [1.29, 1.82) is 0 Å². The Kier molecular flexibility index (Phi) is 5.37. The second kappa shape index (κ2) is 7.87. The average molecular weight is 351 g/mol. The zero-order chi connectivity index (χ0) is 18.5. The number of hydrogen-bond acceptors (Lipinski definition) is 5. The number of benzene rings is 2. The van der Waals surface area contributed by atoms with E-state index in [-0.39, 0.29) is 12.5 Å². The molecule has 0 radical (unpaired) electrons. The molecule has 2 aromatic carbocycles. The molecule has 0 amide bonds. The molecule has 2 aromatic rings. The van der Waals surface area contributed by atoms with Gasteiger partial charge in [-0.25, -0.2) is 0 Å². The molecule has 0 spiro atoms. The largest absolute Gasteiger partial charge is 0.480 e. The van der Waals surface area contributed by atoms with Crippen LogP contribution < -0.4 is 4.74 Å². The first-order valence-electron chi connectivity index (χ1n) is 8.52. The number of aldehydes is 1. The maximum atomic E-state index is 12.0. The normalized spacial score (nSPS) is 15.7. The molecule has 1 heterocycles. The van der Waals surface area contributed by atoms with Gasteiger partial charge in [-0.3, -0.25) is 9.59 Å². The van der Waals surface area contributed by atoms with Crippen LogP contribution in [0.2, 0.25) is 0 Å². The van der Waals surface area contributed by atoms with Crippen molar-refractivity contribution in [2.24, 2.45) is 0 Å². The fourth-order valence-corrected chi connectivity index (χ4v) is 3.13. The number of para-hydroxylation sites is 1. The van der Waals surface area contributed by atoms with Crippen LogP contribution in [0.15, 0.2) is 60.2 Å². The number of fused-ring (bicyclic) bond motifs is 1. The molecule has 5 nitrogen and oxygen atoms in total. The summed E-state index contributed by atoms with van der Waals surface area (Å²) in [6, 6.07) is 17.1. The Morgan fingerprint density at radius 3 is 2.54 bits per heavy atom. The summed E-state index contributed by atoms with van der Waals surface area (Å²) in [5.74, 6) is 0.339. The highest BCUT2D eigenvalue weighted by atomic mass is 16.5. The Labute approximate surface area is 152 Å². The summed E-state index contributed by atoms with van der Waals surface area (Å²) in [6.07, 6.45) is 0.285. The summed E-state index contributed by atoms with van der Waals surface area (Å²) >= 11 is 0. The summed E-state index contributed by atoms with van der Waals surface area (Å²) < 4.78 is 11.2. The van der Waals surface area contributed by atoms with Gasteiger partial charge in [0.1, 0.15) is 12.3 Å². The van der Waals surface area contributed by atoms with Gasteiger partial charge in [-0.15, -0.1) is 0 Å². The van der Waals surface area contributed by atoms with Gasteiger partial charge in [-0.2, -0.15) is 0 Å². The highest BCUT2D eigenvalue weighted by Gasteiger charge is 2.32. The third-order valence-corrected chi connectivity index (χ3v) is 4.23. The Morgan fingerprint density at radius 2 is 1.85 bits per heavy atom. The van der Waals surface area contributed by atoms with Crippen molar-refractivity contribution in [3.8, 4) is 5.75 Å². The van der Waals surface area contributed by atoms with Crippen LogP contribution in [0.1, 0.15) is 24.2 Å². The van der Waals surface area contributed by atoms with Gasteiger partial charge in [0.2, 0.25) is 0 Å². The van der Waals surface area contributed by atoms with Crippen molar-refractivity contribution in [3.05, 3.63) is 71.3 Å². The predicted octanol–water partition coefficient (Wildman–Crippen LogP) is 3.23. The SMILES string of the molecule is CCOC(=O)CN(C)C1=C(C=O)C(c2ccccc2)Oc2ccccc21. The molecule has 0 aromatic heterocycles. The highest BCUT2D eigenvalue weighted by molar-refractivity contribution is 5.92. The number of nitrogens with zero attached hydrogens (tertiary/aromatic N) is 1. The minimum atomic E-state index is -0.525. The van der Waals surface area contributed by atoms with E-state index in [1.54, 1.807) is 18.9 Å². The predicted molar refractivity (Wildman–Crippen MR) is 98.5 cm³/mol. The molecule has 0 bridgehead atoms. The molecule has 0 aliphatic carbocycles. The van der Waals surface area contributed by atoms with E-state index in [4.69, 9.17) is 9.47 Å². The number of ether oxygens (including phenoxy) is 2. The molecule has 1 aliphatic rings. The van der Waals surface area contributed by atoms with Crippen molar-refractivity contribution in [2.45, 2.75) is 13.0 Å². The zero-order valence-electron chi connectivity index (χ0n) is 14.8. The lowest BCUT2D eigenvalue weighted by Crippen LogP contribution is -2.31. The van der Waals surface area contributed by atoms with Crippen LogP contribution in [0, 0.1) is 0 Å². The monoisotopic (exact) mass is 351 g/mol. The van der Waals surface area contributed by atoms with Crippen LogP contribution in [0.3, 0.4) is 0 Å². The maximum absolute atomic E-state index is 12.0. The second-order valence-corrected chi connectivity index (χ2v) is 5.99. The third kappa shape index (κ3) is 3.47. The first-order chi connectivity index (χ1) is 12.7. The summed E-state index contributed by atoms with van der Waals surface area (Å²) in [4.78, 5) is 25.7. The molecule has 3 rings (SSSR count). The van der Waals surface area contributed by atoms with Crippen molar-refractivity contribution in [1.82, 2.24) is 4.90 Å². The first kappa shape index (κ1) is 17.7. The van der Waals surface area contributed by atoms with E-state index in [1.165, 1.54) is 0 Å². The number of rotatable bonds is 6. The van der Waals surface area contributed by atoms with Crippen molar-refractivity contribution in [2.75, 3.05) is 20.2 Å². The molecule has 1 aliphatic heterocycles. The topological polar surface area (TPSA) is 55.8 Å². The van der Waals surface area contributed by atoms with Gasteiger partial charge in [0.05, 0.1) is 17.9 Å². The molecule has 5 heteroatoms. The molecule has 0 N–H and O–H groups in total. The Bertz CT molecular complexity index is 829. The lowest BCUT2D eigenvalue weighted by atomic mass is 9.93. The number of likely N-dealkylation sites (N-methyl/N-ethyl adjacent to an activating group) is 1. The van der Waals surface area contributed by atoms with Gasteiger partial charge in [0, 0.05) is 12.6 Å². The minimum absolute atomic E-state index is 0.0519. The average Bonchev–Trinajstić information content (AvgIpc) is 2.67. The van der Waals surface area contributed by atoms with Crippen molar-refractivity contribution >= 4 is 18.0 Å². The van der Waals surface area contributed by atoms with Crippen LogP contribution >= 0.6 is 0 Å². The Hall–Kier alpha value is -3.08. The molecule has 134 valence electrons. The lowest BCUT2D eigenvalue weighted by molar-refractivity contribution is -0.143. The summed E-state index contributed by atoms with van der Waals surface area (Å²) in [5, 5.41) is 0. The van der Waals surface area contributed by atoms with Gasteiger partial charge in [-0.05, 0) is 24.6 Å². The van der Waals surface area contributed by atoms with Gasteiger partial charge in [0.15, 0.2) is 12.4 Å². The van der Waals surface area contributed by atoms with Crippen LogP contribution in [0.4, 0.5) is 0 Å². The van der Waals surface area contributed by atoms with E-state index in [2.05, 4.69) is 0 Å². The molecule has 0 fully saturated rings.